The number of nitrogens with zero attached hydrogens (tertiary/aromatic N) is 6. The molecule has 1 saturated heterocycles. The van der Waals surface area contributed by atoms with Gasteiger partial charge in [0.05, 0.1) is 11.9 Å². The maximum atomic E-state index is 11.8. The Hall–Kier alpha value is -3.13. The van der Waals surface area contributed by atoms with Crippen molar-refractivity contribution < 1.29 is 13.2 Å². The first-order chi connectivity index (χ1) is 17.8. The Balaban J connectivity index is 1.36. The van der Waals surface area contributed by atoms with Gasteiger partial charge in [0, 0.05) is 60.1 Å². The molecule has 0 aliphatic carbocycles. The third-order valence-corrected chi connectivity index (χ3v) is 8.68. The second kappa shape index (κ2) is 11.1. The smallest absolute Gasteiger partial charge is 0.211 e. The fourth-order valence-electron chi connectivity index (χ4n) is 3.88. The molecule has 0 aromatic carbocycles. The van der Waals surface area contributed by atoms with Crippen molar-refractivity contribution in [2.75, 3.05) is 24.7 Å². The van der Waals surface area contributed by atoms with Crippen LogP contribution in [0.1, 0.15) is 30.3 Å². The van der Waals surface area contributed by atoms with E-state index in [1.165, 1.54) is 33.9 Å². The first-order valence-electron chi connectivity index (χ1n) is 11.6. The maximum Gasteiger partial charge on any atom is 0.211 e. The Morgan fingerprint density at radius 2 is 1.89 bits per heavy atom. The summed E-state index contributed by atoms with van der Waals surface area (Å²) in [7, 11) is -3.17. The lowest BCUT2D eigenvalue weighted by atomic mass is 9.98. The van der Waals surface area contributed by atoms with Crippen molar-refractivity contribution in [3.05, 3.63) is 66.5 Å². The monoisotopic (exact) mass is 555 g/mol. The van der Waals surface area contributed by atoms with E-state index in [9.17, 15) is 8.42 Å². The zero-order chi connectivity index (χ0) is 25.8. The van der Waals surface area contributed by atoms with Crippen LogP contribution in [0.2, 0.25) is 0 Å². The molecule has 0 atom stereocenters. The molecule has 1 fully saturated rings. The third-order valence-electron chi connectivity index (χ3n) is 5.82. The number of rotatable bonds is 8. The number of pyridine rings is 3. The molecular weight excluding hydrogens is 531 g/mol. The van der Waals surface area contributed by atoms with Crippen molar-refractivity contribution in [3.8, 4) is 11.5 Å². The number of piperidine rings is 1. The normalized spacial score (nSPS) is 15.0. The summed E-state index contributed by atoms with van der Waals surface area (Å²) < 4.78 is 35.9. The molecule has 37 heavy (non-hydrogen) atoms. The third kappa shape index (κ3) is 6.42. The van der Waals surface area contributed by atoms with Gasteiger partial charge in [0.25, 0.3) is 0 Å². The minimum Gasteiger partial charge on any atom is -0.452 e. The largest absolute Gasteiger partial charge is 0.452 e. The number of hydrogen-bond acceptors (Lipinski definition) is 11. The molecule has 1 aliphatic rings. The average molecular weight is 556 g/mol. The van der Waals surface area contributed by atoms with E-state index in [2.05, 4.69) is 29.6 Å². The maximum absolute atomic E-state index is 11.8. The first-order valence-corrected chi connectivity index (χ1v) is 15.0. The van der Waals surface area contributed by atoms with Gasteiger partial charge < -0.3 is 10.1 Å². The Labute approximate surface area is 223 Å². The molecule has 1 N–H and O–H groups in total. The van der Waals surface area contributed by atoms with E-state index in [4.69, 9.17) is 4.74 Å². The molecule has 0 spiro atoms. The van der Waals surface area contributed by atoms with Crippen LogP contribution in [-0.2, 0) is 10.0 Å². The van der Waals surface area contributed by atoms with Gasteiger partial charge in [0.15, 0.2) is 11.6 Å². The van der Waals surface area contributed by atoms with Gasteiger partial charge in [-0.25, -0.2) is 27.7 Å². The molecule has 5 heterocycles. The second-order valence-corrected chi connectivity index (χ2v) is 12.3. The molecule has 10 nitrogen and oxygen atoms in total. The lowest BCUT2D eigenvalue weighted by Crippen LogP contribution is -2.37. The van der Waals surface area contributed by atoms with Gasteiger partial charge in [-0.1, -0.05) is 17.8 Å². The summed E-state index contributed by atoms with van der Waals surface area (Å²) >= 11 is 2.73. The van der Waals surface area contributed by atoms with Crippen molar-refractivity contribution >= 4 is 44.3 Å². The van der Waals surface area contributed by atoms with Gasteiger partial charge in [-0.2, -0.15) is 4.37 Å². The number of anilines is 2. The van der Waals surface area contributed by atoms with Crippen LogP contribution in [-0.4, -0.2) is 56.4 Å². The van der Waals surface area contributed by atoms with Gasteiger partial charge in [0.1, 0.15) is 16.6 Å². The molecule has 0 amide bonds. The predicted octanol–water partition coefficient (Wildman–Crippen LogP) is 4.86. The van der Waals surface area contributed by atoms with Gasteiger partial charge in [-0.3, -0.25) is 4.98 Å². The van der Waals surface area contributed by atoms with Crippen LogP contribution in [0.5, 0.6) is 11.5 Å². The van der Waals surface area contributed by atoms with Gasteiger partial charge in [-0.05, 0) is 44.0 Å². The molecule has 4 aromatic heterocycles. The summed E-state index contributed by atoms with van der Waals surface area (Å²) in [5.74, 6) is 2.48. The summed E-state index contributed by atoms with van der Waals surface area (Å²) in [4.78, 5) is 18.8. The zero-order valence-electron chi connectivity index (χ0n) is 20.2. The zero-order valence-corrected chi connectivity index (χ0v) is 22.7. The van der Waals surface area contributed by atoms with E-state index < -0.39 is 10.0 Å². The summed E-state index contributed by atoms with van der Waals surface area (Å²) in [6.07, 6.45) is 7.85. The molecule has 4 aromatic rings. The summed E-state index contributed by atoms with van der Waals surface area (Å²) in [6.45, 7) is 2.84. The molecule has 192 valence electrons. The van der Waals surface area contributed by atoms with Crippen LogP contribution in [0.25, 0.3) is 0 Å². The highest BCUT2D eigenvalue weighted by atomic mass is 32.2. The minimum absolute atomic E-state index is 0.115. The lowest BCUT2D eigenvalue weighted by molar-refractivity contribution is 0.316. The number of aryl methyl sites for hydroxylation is 1. The van der Waals surface area contributed by atoms with Crippen LogP contribution in [0, 0.1) is 6.92 Å². The van der Waals surface area contributed by atoms with Crippen LogP contribution in [0.3, 0.4) is 0 Å². The molecule has 13 heteroatoms. The van der Waals surface area contributed by atoms with Crippen LogP contribution in [0.4, 0.5) is 10.9 Å². The van der Waals surface area contributed by atoms with Crippen LogP contribution < -0.4 is 10.1 Å². The van der Waals surface area contributed by atoms with Crippen molar-refractivity contribution in [3.63, 3.8) is 0 Å². The van der Waals surface area contributed by atoms with Crippen LogP contribution in [0.15, 0.2) is 64.9 Å². The Morgan fingerprint density at radius 3 is 2.62 bits per heavy atom. The molecular formula is C24H25N7O3S3. The van der Waals surface area contributed by atoms with Crippen LogP contribution >= 0.6 is 23.3 Å². The van der Waals surface area contributed by atoms with Crippen molar-refractivity contribution in [1.29, 1.82) is 0 Å². The number of sulfonamides is 1. The second-order valence-electron chi connectivity index (χ2n) is 8.50. The quantitative estimate of drug-likeness (QED) is 0.322. The van der Waals surface area contributed by atoms with E-state index in [0.29, 0.717) is 54.2 Å². The molecule has 1 aliphatic heterocycles. The summed E-state index contributed by atoms with van der Waals surface area (Å²) in [5, 5.41) is 4.69. The number of aromatic nitrogens is 5. The Morgan fingerprint density at radius 1 is 1.08 bits per heavy atom. The van der Waals surface area contributed by atoms with Crippen molar-refractivity contribution in [1.82, 2.24) is 28.6 Å². The van der Waals surface area contributed by atoms with Crippen molar-refractivity contribution in [2.24, 2.45) is 0 Å². The van der Waals surface area contributed by atoms with E-state index in [1.807, 2.05) is 43.3 Å². The van der Waals surface area contributed by atoms with Gasteiger partial charge >= 0.3 is 0 Å². The summed E-state index contributed by atoms with van der Waals surface area (Å²) in [6, 6.07) is 11.3. The Bertz CT molecular complexity index is 1470. The standard InChI is InChI=1S/C24H25N7O3S3/c1-16-19(6-5-11-25-16)34-20-14-18(35-21-7-3-4-10-26-21)15-27-23(20)29-24-28-22(30-36-24)17-8-12-31(13-9-17)37(2,32)33/h3-7,10-11,14-15,17H,8-9,12-13H2,1-2H3,(H,27,28,29,30). The molecule has 0 radical (unpaired) electrons. The fourth-order valence-corrected chi connectivity index (χ4v) is 6.17. The fraction of sp³-hybridized carbons (Fsp3) is 0.292. The number of hydrogen-bond donors (Lipinski definition) is 1. The van der Waals surface area contributed by atoms with Gasteiger partial charge in [-0.15, -0.1) is 0 Å². The average Bonchev–Trinajstić information content (AvgIpc) is 3.36. The van der Waals surface area contributed by atoms with Crippen molar-refractivity contribution in [2.45, 2.75) is 35.6 Å². The first kappa shape index (κ1) is 25.5. The minimum atomic E-state index is -3.17. The highest BCUT2D eigenvalue weighted by molar-refractivity contribution is 7.99. The topological polar surface area (TPSA) is 123 Å². The van der Waals surface area contributed by atoms with E-state index in [-0.39, 0.29) is 5.92 Å². The van der Waals surface area contributed by atoms with E-state index >= 15 is 0 Å². The molecule has 5 rings (SSSR count). The summed E-state index contributed by atoms with van der Waals surface area (Å²) in [5.41, 5.74) is 0.759. The molecule has 0 unspecified atom stereocenters. The van der Waals surface area contributed by atoms with Gasteiger partial charge in [0.2, 0.25) is 15.2 Å². The number of ether oxygens (including phenoxy) is 1. The molecule has 0 saturated carbocycles. The van der Waals surface area contributed by atoms with E-state index in [0.717, 1.165) is 15.6 Å². The SMILES string of the molecule is Cc1ncccc1Oc1cc(Sc2ccccn2)cnc1Nc1nc(C2CCN(S(C)(=O)=O)CC2)ns1. The highest BCUT2D eigenvalue weighted by Crippen LogP contribution is 2.37. The van der Waals surface area contributed by atoms with E-state index in [1.54, 1.807) is 18.6 Å². The predicted molar refractivity (Wildman–Crippen MR) is 143 cm³/mol. The number of nitrogens with one attached hydrogen (secondary N) is 1. The molecule has 0 bridgehead atoms. The lowest BCUT2D eigenvalue weighted by Gasteiger charge is -2.28. The Kier molecular flexibility index (Phi) is 7.65. The highest BCUT2D eigenvalue weighted by Gasteiger charge is 2.28.